The van der Waals surface area contributed by atoms with Crippen LogP contribution in [0.15, 0.2) is 53.6 Å². The molecule has 1 atom stereocenters. The number of hydrogen-bond acceptors (Lipinski definition) is 3. The highest BCUT2D eigenvalue weighted by molar-refractivity contribution is 6.00. The Morgan fingerprint density at radius 1 is 1.16 bits per heavy atom. The third-order valence-electron chi connectivity index (χ3n) is 4.49. The second-order valence-electron chi connectivity index (χ2n) is 6.32. The van der Waals surface area contributed by atoms with Gasteiger partial charge in [0.1, 0.15) is 0 Å². The van der Waals surface area contributed by atoms with Crippen LogP contribution in [0.25, 0.3) is 0 Å². The number of hydrogen-bond donors (Lipinski definition) is 1. The van der Waals surface area contributed by atoms with Crippen LogP contribution in [0.3, 0.4) is 0 Å². The lowest BCUT2D eigenvalue weighted by Crippen LogP contribution is -2.30. The van der Waals surface area contributed by atoms with Gasteiger partial charge >= 0.3 is 0 Å². The summed E-state index contributed by atoms with van der Waals surface area (Å²) in [7, 11) is 0. The third-order valence-corrected chi connectivity index (χ3v) is 4.49. The van der Waals surface area contributed by atoms with Crippen molar-refractivity contribution in [2.45, 2.75) is 20.3 Å². The van der Waals surface area contributed by atoms with Gasteiger partial charge in [0.05, 0.1) is 12.1 Å². The van der Waals surface area contributed by atoms with E-state index in [2.05, 4.69) is 10.5 Å². The van der Waals surface area contributed by atoms with Crippen LogP contribution in [0.2, 0.25) is 0 Å². The number of nitrogens with zero attached hydrogens (tertiary/aromatic N) is 2. The van der Waals surface area contributed by atoms with Crippen LogP contribution in [0, 0.1) is 19.8 Å². The van der Waals surface area contributed by atoms with Crippen molar-refractivity contribution in [2.75, 3.05) is 11.4 Å². The first-order chi connectivity index (χ1) is 12.0. The van der Waals surface area contributed by atoms with Crippen molar-refractivity contribution in [3.8, 4) is 0 Å². The van der Waals surface area contributed by atoms with E-state index in [1.165, 1.54) is 5.56 Å². The molecule has 1 aliphatic rings. The maximum Gasteiger partial charge on any atom is 0.245 e. The molecule has 128 valence electrons. The van der Waals surface area contributed by atoms with Gasteiger partial charge in [-0.15, -0.1) is 0 Å². The number of nitrogens with one attached hydrogen (secondary N) is 1. The smallest absolute Gasteiger partial charge is 0.245 e. The zero-order chi connectivity index (χ0) is 17.8. The minimum absolute atomic E-state index is 0.0320. The average molecular weight is 335 g/mol. The van der Waals surface area contributed by atoms with Crippen molar-refractivity contribution >= 4 is 23.7 Å². The highest BCUT2D eigenvalue weighted by Crippen LogP contribution is 2.26. The first kappa shape index (κ1) is 16.9. The topological polar surface area (TPSA) is 61.8 Å². The quantitative estimate of drug-likeness (QED) is 0.690. The van der Waals surface area contributed by atoms with Crippen LogP contribution < -0.4 is 10.3 Å². The number of anilines is 1. The van der Waals surface area contributed by atoms with Crippen LogP contribution in [0.1, 0.15) is 23.1 Å². The number of aryl methyl sites for hydroxylation is 2. The summed E-state index contributed by atoms with van der Waals surface area (Å²) in [5.74, 6) is -0.649. The van der Waals surface area contributed by atoms with Crippen molar-refractivity contribution in [3.63, 3.8) is 0 Å². The van der Waals surface area contributed by atoms with E-state index >= 15 is 0 Å². The molecule has 0 radical (unpaired) electrons. The van der Waals surface area contributed by atoms with Crippen LogP contribution in [-0.2, 0) is 9.59 Å². The minimum Gasteiger partial charge on any atom is -0.312 e. The summed E-state index contributed by atoms with van der Waals surface area (Å²) in [6, 6.07) is 15.4. The Bertz CT molecular complexity index is 815. The lowest BCUT2D eigenvalue weighted by molar-refractivity contribution is -0.126. The second kappa shape index (κ2) is 7.30. The van der Waals surface area contributed by atoms with Crippen molar-refractivity contribution in [1.29, 1.82) is 0 Å². The standard InChI is InChI=1S/C20H21N3O2/c1-14-8-9-18(10-15(14)2)23-13-17(11-19(23)24)20(25)22-21-12-16-6-4-3-5-7-16/h3-10,12,17H,11,13H2,1-2H3,(H,22,25)/b21-12-/t17-/m0/s1. The molecule has 0 bridgehead atoms. The van der Waals surface area contributed by atoms with Gasteiger partial charge in [-0.3, -0.25) is 9.59 Å². The predicted octanol–water partition coefficient (Wildman–Crippen LogP) is 2.81. The van der Waals surface area contributed by atoms with Gasteiger partial charge in [-0.1, -0.05) is 36.4 Å². The molecule has 2 aromatic rings. The Balaban J connectivity index is 1.62. The average Bonchev–Trinajstić information content (AvgIpc) is 3.00. The lowest BCUT2D eigenvalue weighted by atomic mass is 10.1. The summed E-state index contributed by atoms with van der Waals surface area (Å²) in [5, 5.41) is 3.98. The summed E-state index contributed by atoms with van der Waals surface area (Å²) in [4.78, 5) is 26.2. The van der Waals surface area contributed by atoms with Gasteiger partial charge < -0.3 is 4.90 Å². The van der Waals surface area contributed by atoms with Gasteiger partial charge in [-0.2, -0.15) is 5.10 Å². The molecule has 3 rings (SSSR count). The van der Waals surface area contributed by atoms with E-state index in [1.807, 2.05) is 62.4 Å². The van der Waals surface area contributed by atoms with Crippen LogP contribution in [-0.4, -0.2) is 24.6 Å². The largest absolute Gasteiger partial charge is 0.312 e. The van der Waals surface area contributed by atoms with Gasteiger partial charge in [0, 0.05) is 18.7 Å². The van der Waals surface area contributed by atoms with Gasteiger partial charge in [0.2, 0.25) is 11.8 Å². The molecule has 2 amide bonds. The highest BCUT2D eigenvalue weighted by Gasteiger charge is 2.35. The summed E-state index contributed by atoms with van der Waals surface area (Å²) in [6.45, 7) is 4.43. The molecule has 5 nitrogen and oxygen atoms in total. The van der Waals surface area contributed by atoms with E-state index in [0.717, 1.165) is 16.8 Å². The molecule has 0 saturated carbocycles. The maximum absolute atomic E-state index is 12.3. The van der Waals surface area contributed by atoms with E-state index in [1.54, 1.807) is 11.1 Å². The fourth-order valence-corrected chi connectivity index (χ4v) is 2.83. The fraction of sp³-hybridized carbons (Fsp3) is 0.250. The molecule has 25 heavy (non-hydrogen) atoms. The first-order valence-corrected chi connectivity index (χ1v) is 8.30. The summed E-state index contributed by atoms with van der Waals surface area (Å²) >= 11 is 0. The highest BCUT2D eigenvalue weighted by atomic mass is 16.2. The number of rotatable bonds is 4. The van der Waals surface area contributed by atoms with E-state index in [4.69, 9.17) is 0 Å². The Morgan fingerprint density at radius 2 is 1.92 bits per heavy atom. The van der Waals surface area contributed by atoms with Crippen molar-refractivity contribution in [2.24, 2.45) is 11.0 Å². The molecular formula is C20H21N3O2. The summed E-state index contributed by atoms with van der Waals surface area (Å²) in [5.41, 5.74) is 6.60. The van der Waals surface area contributed by atoms with E-state index < -0.39 is 0 Å². The molecule has 1 aliphatic heterocycles. The third kappa shape index (κ3) is 3.94. The van der Waals surface area contributed by atoms with E-state index in [0.29, 0.717) is 6.54 Å². The SMILES string of the molecule is Cc1ccc(N2C[C@@H](C(=O)N/N=C\c3ccccc3)CC2=O)cc1C. The molecule has 1 heterocycles. The van der Waals surface area contributed by atoms with Crippen molar-refractivity contribution in [1.82, 2.24) is 5.43 Å². The van der Waals surface area contributed by atoms with Crippen molar-refractivity contribution in [3.05, 3.63) is 65.2 Å². The summed E-state index contributed by atoms with van der Waals surface area (Å²) in [6.07, 6.45) is 1.80. The molecule has 2 aromatic carbocycles. The molecule has 1 saturated heterocycles. The van der Waals surface area contributed by atoms with Gasteiger partial charge in [-0.05, 0) is 42.7 Å². The zero-order valence-electron chi connectivity index (χ0n) is 14.4. The van der Waals surface area contributed by atoms with Crippen LogP contribution >= 0.6 is 0 Å². The van der Waals surface area contributed by atoms with Gasteiger partial charge in [0.15, 0.2) is 0 Å². The van der Waals surface area contributed by atoms with Gasteiger partial charge in [0.25, 0.3) is 0 Å². The molecule has 0 aromatic heterocycles. The predicted molar refractivity (Wildman–Crippen MR) is 98.6 cm³/mol. The second-order valence-corrected chi connectivity index (χ2v) is 6.32. The number of benzene rings is 2. The Kier molecular flexibility index (Phi) is 4.93. The van der Waals surface area contributed by atoms with Gasteiger partial charge in [-0.25, -0.2) is 5.43 Å². The van der Waals surface area contributed by atoms with Crippen molar-refractivity contribution < 1.29 is 9.59 Å². The molecule has 1 N–H and O–H groups in total. The fourth-order valence-electron chi connectivity index (χ4n) is 2.83. The molecule has 1 fully saturated rings. The monoisotopic (exact) mass is 335 g/mol. The Morgan fingerprint density at radius 3 is 2.64 bits per heavy atom. The zero-order valence-corrected chi connectivity index (χ0v) is 14.4. The number of carbonyl (C=O) groups is 2. The Labute approximate surface area is 147 Å². The number of amides is 2. The normalized spacial score (nSPS) is 17.3. The van der Waals surface area contributed by atoms with Crippen LogP contribution in [0.4, 0.5) is 5.69 Å². The molecule has 0 aliphatic carbocycles. The molecule has 5 heteroatoms. The number of carbonyl (C=O) groups excluding carboxylic acids is 2. The van der Waals surface area contributed by atoms with Crippen LogP contribution in [0.5, 0.6) is 0 Å². The first-order valence-electron chi connectivity index (χ1n) is 8.30. The van der Waals surface area contributed by atoms with E-state index in [-0.39, 0.29) is 24.2 Å². The molecular weight excluding hydrogens is 314 g/mol. The maximum atomic E-state index is 12.3. The lowest BCUT2D eigenvalue weighted by Gasteiger charge is -2.17. The Hall–Kier alpha value is -2.95. The van der Waals surface area contributed by atoms with E-state index in [9.17, 15) is 9.59 Å². The summed E-state index contributed by atoms with van der Waals surface area (Å²) < 4.78 is 0. The number of hydrazone groups is 1. The molecule has 0 unspecified atom stereocenters. The minimum atomic E-state index is -0.387. The molecule has 0 spiro atoms.